The SMILES string of the molecule is CC1(C)c2ccccc2-c2ccc(N(c3ccc(-c4ccccc4)cc3)c3cc4ccccc4c4c3-c3ccc(C5=C6Sc7ccccc7C6NC(c6ccccc6)=N5)cc3C4(C)C)cc21. The molecule has 2 heterocycles. The van der Waals surface area contributed by atoms with E-state index in [2.05, 4.69) is 238 Å². The predicted molar refractivity (Wildman–Crippen MR) is 277 cm³/mol. The molecule has 2 aliphatic carbocycles. The van der Waals surface area contributed by atoms with E-state index in [1.807, 2.05) is 11.8 Å². The number of thioether (sulfide) groups is 1. The molecule has 316 valence electrons. The first-order valence-electron chi connectivity index (χ1n) is 23.1. The minimum Gasteiger partial charge on any atom is -0.358 e. The Hall–Kier alpha value is -7.40. The Labute approximate surface area is 391 Å². The molecular formula is C62H47N3S. The number of hydrogen-bond donors (Lipinski definition) is 1. The second-order valence-corrected chi connectivity index (χ2v) is 20.2. The van der Waals surface area contributed by atoms with Crippen LogP contribution in [-0.4, -0.2) is 5.84 Å². The van der Waals surface area contributed by atoms with Crippen LogP contribution in [0.2, 0.25) is 0 Å². The normalized spacial score (nSPS) is 16.7. The summed E-state index contributed by atoms with van der Waals surface area (Å²) in [6.07, 6.45) is 0. The van der Waals surface area contributed by atoms with Crippen molar-refractivity contribution in [3.8, 4) is 33.4 Å². The number of aliphatic imine (C=N–C) groups is 1. The van der Waals surface area contributed by atoms with E-state index in [1.165, 1.54) is 87.5 Å². The topological polar surface area (TPSA) is 27.6 Å². The number of nitrogens with one attached hydrogen (secondary N) is 1. The number of nitrogens with zero attached hydrogens (tertiary/aromatic N) is 2. The highest BCUT2D eigenvalue weighted by Gasteiger charge is 2.42. The molecule has 66 heavy (non-hydrogen) atoms. The van der Waals surface area contributed by atoms with Gasteiger partial charge in [0.15, 0.2) is 0 Å². The Kier molecular flexibility index (Phi) is 8.60. The lowest BCUT2D eigenvalue weighted by molar-refractivity contribution is 0.660. The number of benzene rings is 9. The van der Waals surface area contributed by atoms with Crippen molar-refractivity contribution >= 4 is 51.1 Å². The van der Waals surface area contributed by atoms with Gasteiger partial charge in [0.05, 0.1) is 17.4 Å². The van der Waals surface area contributed by atoms with Gasteiger partial charge in [0, 0.05) is 48.7 Å². The largest absolute Gasteiger partial charge is 0.358 e. The van der Waals surface area contributed by atoms with Crippen LogP contribution in [0, 0.1) is 0 Å². The van der Waals surface area contributed by atoms with E-state index >= 15 is 0 Å². The van der Waals surface area contributed by atoms with E-state index in [1.54, 1.807) is 0 Å². The van der Waals surface area contributed by atoms with Gasteiger partial charge in [-0.1, -0.05) is 197 Å². The van der Waals surface area contributed by atoms with Crippen LogP contribution in [0.3, 0.4) is 0 Å². The van der Waals surface area contributed by atoms with Crippen LogP contribution in [0.5, 0.6) is 0 Å². The Bertz CT molecular complexity index is 3530. The van der Waals surface area contributed by atoms with Gasteiger partial charge in [-0.05, 0) is 109 Å². The summed E-state index contributed by atoms with van der Waals surface area (Å²) in [6.45, 7) is 9.60. The smallest absolute Gasteiger partial charge is 0.134 e. The standard InChI is InChI=1S/C62H47N3S/c1-61(2)50-25-15-13-23-46(50)47-34-32-44(37-52(47)61)65(43-30-27-39(28-31-43)38-17-7-5-8-18-38)53-36-41-21-11-12-22-45(41)56-55(53)48-33-29-42(35-51(48)62(56,3)4)57-59-58(49-24-14-16-26-54(49)66-59)64-60(63-57)40-19-9-6-10-20-40/h5-37,58H,1-4H3,(H,63,64). The van der Waals surface area contributed by atoms with E-state index in [4.69, 9.17) is 4.99 Å². The molecule has 1 atom stereocenters. The molecule has 4 aliphatic rings. The minimum atomic E-state index is -0.323. The molecule has 1 N–H and O–H groups in total. The molecular weight excluding hydrogens is 819 g/mol. The molecule has 13 rings (SSSR count). The highest BCUT2D eigenvalue weighted by Crippen LogP contribution is 2.59. The highest BCUT2D eigenvalue weighted by molar-refractivity contribution is 8.03. The lowest BCUT2D eigenvalue weighted by Gasteiger charge is -2.31. The number of anilines is 3. The first-order valence-corrected chi connectivity index (χ1v) is 23.9. The van der Waals surface area contributed by atoms with Crippen LogP contribution in [0.1, 0.15) is 72.7 Å². The molecule has 0 aromatic heterocycles. The van der Waals surface area contributed by atoms with Gasteiger partial charge in [0.1, 0.15) is 5.84 Å². The van der Waals surface area contributed by atoms with Crippen LogP contribution in [0.25, 0.3) is 49.9 Å². The van der Waals surface area contributed by atoms with Crippen molar-refractivity contribution in [2.75, 3.05) is 4.90 Å². The average Bonchev–Trinajstić information content (AvgIpc) is 3.94. The fraction of sp³-hybridized carbons (Fsp3) is 0.113. The van der Waals surface area contributed by atoms with Crippen molar-refractivity contribution < 1.29 is 0 Å². The van der Waals surface area contributed by atoms with Gasteiger partial charge in [-0.25, -0.2) is 4.99 Å². The zero-order valence-electron chi connectivity index (χ0n) is 37.4. The summed E-state index contributed by atoms with van der Waals surface area (Å²) in [5, 5.41) is 6.37. The van der Waals surface area contributed by atoms with E-state index in [0.29, 0.717) is 0 Å². The number of rotatable bonds is 6. The maximum Gasteiger partial charge on any atom is 0.134 e. The number of fused-ring (bicyclic) bond motifs is 11. The second-order valence-electron chi connectivity index (χ2n) is 19.2. The highest BCUT2D eigenvalue weighted by atomic mass is 32.2. The predicted octanol–water partition coefficient (Wildman–Crippen LogP) is 16.2. The third-order valence-electron chi connectivity index (χ3n) is 14.7. The molecule has 0 saturated carbocycles. The Morgan fingerprint density at radius 2 is 1.12 bits per heavy atom. The molecule has 4 heteroatoms. The molecule has 0 bridgehead atoms. The third kappa shape index (κ3) is 5.81. The van der Waals surface area contributed by atoms with Gasteiger partial charge < -0.3 is 10.2 Å². The van der Waals surface area contributed by atoms with E-state index in [0.717, 1.165) is 34.0 Å². The molecule has 9 aromatic rings. The van der Waals surface area contributed by atoms with Gasteiger partial charge in [-0.3, -0.25) is 0 Å². The summed E-state index contributed by atoms with van der Waals surface area (Å²) in [5.41, 5.74) is 20.6. The van der Waals surface area contributed by atoms with Crippen molar-refractivity contribution in [2.45, 2.75) is 49.5 Å². The number of amidine groups is 1. The molecule has 0 amide bonds. The molecule has 0 saturated heterocycles. The summed E-state index contributed by atoms with van der Waals surface area (Å²) in [5.74, 6) is 0.905. The lowest BCUT2D eigenvalue weighted by Crippen LogP contribution is -2.32. The zero-order valence-corrected chi connectivity index (χ0v) is 38.2. The van der Waals surface area contributed by atoms with Crippen LogP contribution < -0.4 is 10.2 Å². The van der Waals surface area contributed by atoms with Gasteiger partial charge in [-0.2, -0.15) is 0 Å². The van der Waals surface area contributed by atoms with Crippen LogP contribution in [0.15, 0.2) is 215 Å². The Morgan fingerprint density at radius 3 is 1.94 bits per heavy atom. The van der Waals surface area contributed by atoms with Crippen molar-refractivity contribution in [3.63, 3.8) is 0 Å². The van der Waals surface area contributed by atoms with E-state index in [-0.39, 0.29) is 16.9 Å². The molecule has 0 spiro atoms. The van der Waals surface area contributed by atoms with Gasteiger partial charge in [0.2, 0.25) is 0 Å². The summed E-state index contributed by atoms with van der Waals surface area (Å²) < 4.78 is 0. The van der Waals surface area contributed by atoms with Gasteiger partial charge in [-0.15, -0.1) is 0 Å². The van der Waals surface area contributed by atoms with Crippen molar-refractivity contribution in [3.05, 3.63) is 244 Å². The monoisotopic (exact) mass is 865 g/mol. The summed E-state index contributed by atoms with van der Waals surface area (Å²) in [6, 6.07) is 74.0. The maximum atomic E-state index is 5.49. The molecule has 1 unspecified atom stereocenters. The first kappa shape index (κ1) is 39.0. The van der Waals surface area contributed by atoms with E-state index < -0.39 is 0 Å². The number of hydrogen-bond acceptors (Lipinski definition) is 4. The molecule has 0 fully saturated rings. The minimum absolute atomic E-state index is 0.0369. The van der Waals surface area contributed by atoms with Crippen LogP contribution >= 0.6 is 11.8 Å². The van der Waals surface area contributed by atoms with Crippen LogP contribution in [0.4, 0.5) is 17.1 Å². The molecule has 0 radical (unpaired) electrons. The van der Waals surface area contributed by atoms with E-state index in [9.17, 15) is 0 Å². The molecule has 9 aromatic carbocycles. The summed E-state index contributed by atoms with van der Waals surface area (Å²) >= 11 is 1.85. The fourth-order valence-electron chi connectivity index (χ4n) is 11.4. The second kappa shape index (κ2) is 14.6. The lowest BCUT2D eigenvalue weighted by atomic mass is 9.79. The van der Waals surface area contributed by atoms with Crippen molar-refractivity contribution in [1.29, 1.82) is 0 Å². The molecule has 3 nitrogen and oxygen atoms in total. The first-order chi connectivity index (χ1) is 32.2. The zero-order chi connectivity index (χ0) is 44.3. The third-order valence-corrected chi connectivity index (χ3v) is 15.9. The van der Waals surface area contributed by atoms with Gasteiger partial charge in [0.25, 0.3) is 0 Å². The Balaban J connectivity index is 1.03. The summed E-state index contributed by atoms with van der Waals surface area (Å²) in [4.78, 5) is 10.6. The summed E-state index contributed by atoms with van der Waals surface area (Å²) in [7, 11) is 0. The molecule has 2 aliphatic heterocycles. The fourth-order valence-corrected chi connectivity index (χ4v) is 12.7. The Morgan fingerprint density at radius 1 is 0.500 bits per heavy atom. The van der Waals surface area contributed by atoms with Crippen molar-refractivity contribution in [2.24, 2.45) is 4.99 Å². The van der Waals surface area contributed by atoms with Gasteiger partial charge >= 0.3 is 0 Å². The average molecular weight is 866 g/mol. The van der Waals surface area contributed by atoms with Crippen LogP contribution in [-0.2, 0) is 10.8 Å². The van der Waals surface area contributed by atoms with Crippen molar-refractivity contribution in [1.82, 2.24) is 5.32 Å². The maximum absolute atomic E-state index is 5.49. The quantitative estimate of drug-likeness (QED) is 0.180.